The molecule has 2 fully saturated rings. The minimum Gasteiger partial charge on any atom is -0.453 e. The molecule has 2 amide bonds. The number of methoxy groups -OCH3 is 1. The maximum atomic E-state index is 13.3. The molecule has 2 atom stereocenters. The summed E-state index contributed by atoms with van der Waals surface area (Å²) in [5.41, 5.74) is 3.66. The van der Waals surface area contributed by atoms with Crippen LogP contribution in [0, 0.1) is 0 Å². The van der Waals surface area contributed by atoms with Gasteiger partial charge in [0.05, 0.1) is 25.5 Å². The van der Waals surface area contributed by atoms with E-state index in [1.54, 1.807) is 0 Å². The fraction of sp³-hybridized carbons (Fsp3) is 0.773. The Morgan fingerprint density at radius 2 is 2.16 bits per heavy atom. The van der Waals surface area contributed by atoms with Crippen molar-refractivity contribution in [2.75, 3.05) is 33.4 Å². The maximum Gasteiger partial charge on any atom is 0.406 e. The first-order chi connectivity index (χ1) is 15.1. The Bertz CT molecular complexity index is 785. The average Bonchev–Trinajstić information content (AvgIpc) is 3.57. The number of aromatic nitrogens is 2. The zero-order valence-electron chi connectivity index (χ0n) is 18.7. The van der Waals surface area contributed by atoms with E-state index in [2.05, 4.69) is 27.0 Å². The first-order valence-corrected chi connectivity index (χ1v) is 11.6. The Morgan fingerprint density at radius 1 is 1.35 bits per heavy atom. The monoisotopic (exact) mass is 433 g/mol. The summed E-state index contributed by atoms with van der Waals surface area (Å²) in [7, 11) is 1.37. The Kier molecular flexibility index (Phi) is 7.12. The zero-order valence-corrected chi connectivity index (χ0v) is 18.7. The van der Waals surface area contributed by atoms with Gasteiger partial charge in [-0.25, -0.2) is 4.79 Å². The second kappa shape index (κ2) is 9.99. The molecule has 0 bridgehead atoms. The van der Waals surface area contributed by atoms with Crippen molar-refractivity contribution >= 4 is 12.0 Å². The molecule has 0 spiro atoms. The van der Waals surface area contributed by atoms with E-state index < -0.39 is 12.2 Å². The molecule has 0 aromatic carbocycles. The van der Waals surface area contributed by atoms with Crippen molar-refractivity contribution < 1.29 is 19.1 Å². The summed E-state index contributed by atoms with van der Waals surface area (Å²) in [6.45, 7) is 5.36. The molecule has 1 aromatic heterocycles. The highest BCUT2D eigenvalue weighted by molar-refractivity contribution is 5.82. The topological polar surface area (TPSA) is 97.7 Å². The van der Waals surface area contributed by atoms with Gasteiger partial charge < -0.3 is 25.0 Å². The van der Waals surface area contributed by atoms with Crippen LogP contribution in [-0.2, 0) is 33.7 Å². The fourth-order valence-electron chi connectivity index (χ4n) is 4.77. The molecule has 2 N–H and O–H groups in total. The van der Waals surface area contributed by atoms with Crippen LogP contribution in [0.3, 0.4) is 0 Å². The third-order valence-corrected chi connectivity index (χ3v) is 6.50. The van der Waals surface area contributed by atoms with E-state index in [9.17, 15) is 9.59 Å². The highest BCUT2D eigenvalue weighted by Crippen LogP contribution is 2.38. The Morgan fingerprint density at radius 3 is 2.87 bits per heavy atom. The SMILES string of the molecule is COC(=O)NCCCn1nc([C@@H](C)N(C(=O)[C@H]2CNCCO2)C2CC2)c2c1CCCC2. The molecule has 9 nitrogen and oxygen atoms in total. The van der Waals surface area contributed by atoms with Gasteiger partial charge in [-0.1, -0.05) is 0 Å². The standard InChI is InChI=1S/C22H35N5O4/c1-15(27(16-8-9-16)21(28)19-14-23-11-13-31-19)20-17-6-3-4-7-18(17)26(25-20)12-5-10-24-22(29)30-2/h15-16,19,23H,3-14H2,1-2H3,(H,24,29)/t15-,19-/m1/s1. The summed E-state index contributed by atoms with van der Waals surface area (Å²) in [5, 5.41) is 11.0. The van der Waals surface area contributed by atoms with Crippen LogP contribution in [0.1, 0.15) is 62.0 Å². The van der Waals surface area contributed by atoms with Gasteiger partial charge in [-0.15, -0.1) is 0 Å². The van der Waals surface area contributed by atoms with Gasteiger partial charge in [0.25, 0.3) is 5.91 Å². The maximum absolute atomic E-state index is 13.3. The van der Waals surface area contributed by atoms with Gasteiger partial charge in [0, 0.05) is 37.9 Å². The first kappa shape index (κ1) is 22.1. The van der Waals surface area contributed by atoms with E-state index in [0.717, 1.165) is 57.3 Å². The van der Waals surface area contributed by atoms with Crippen LogP contribution >= 0.6 is 0 Å². The van der Waals surface area contributed by atoms with E-state index >= 15 is 0 Å². The minimum absolute atomic E-state index is 0.0631. The van der Waals surface area contributed by atoms with Crippen molar-refractivity contribution in [3.8, 4) is 0 Å². The minimum atomic E-state index is -0.408. The zero-order chi connectivity index (χ0) is 21.8. The lowest BCUT2D eigenvalue weighted by atomic mass is 9.93. The summed E-state index contributed by atoms with van der Waals surface area (Å²) in [6, 6.07) is 0.230. The molecule has 0 radical (unpaired) electrons. The third kappa shape index (κ3) is 5.03. The number of morpholine rings is 1. The summed E-state index contributed by atoms with van der Waals surface area (Å²) in [5.74, 6) is 0.0867. The van der Waals surface area contributed by atoms with Gasteiger partial charge >= 0.3 is 6.09 Å². The summed E-state index contributed by atoms with van der Waals surface area (Å²) < 4.78 is 12.5. The molecule has 9 heteroatoms. The quantitative estimate of drug-likeness (QED) is 0.604. The predicted molar refractivity (Wildman–Crippen MR) is 115 cm³/mol. The Hall–Kier alpha value is -2.13. The van der Waals surface area contributed by atoms with E-state index in [1.807, 2.05) is 4.90 Å². The number of ether oxygens (including phenoxy) is 2. The second-order valence-corrected chi connectivity index (χ2v) is 8.73. The van der Waals surface area contributed by atoms with Crippen LogP contribution in [0.4, 0.5) is 4.79 Å². The Labute approximate surface area is 183 Å². The number of fused-ring (bicyclic) bond motifs is 1. The molecule has 3 aliphatic rings. The van der Waals surface area contributed by atoms with Crippen molar-refractivity contribution in [1.29, 1.82) is 0 Å². The first-order valence-electron chi connectivity index (χ1n) is 11.6. The van der Waals surface area contributed by atoms with Crippen molar-refractivity contribution in [2.24, 2.45) is 0 Å². The van der Waals surface area contributed by atoms with Gasteiger partial charge in [0.2, 0.25) is 0 Å². The van der Waals surface area contributed by atoms with Crippen molar-refractivity contribution in [3.63, 3.8) is 0 Å². The molecule has 1 saturated carbocycles. The van der Waals surface area contributed by atoms with Gasteiger partial charge in [-0.3, -0.25) is 9.48 Å². The smallest absolute Gasteiger partial charge is 0.406 e. The number of amides is 2. The number of nitrogens with zero attached hydrogens (tertiary/aromatic N) is 3. The van der Waals surface area contributed by atoms with Crippen LogP contribution in [0.2, 0.25) is 0 Å². The average molecular weight is 434 g/mol. The molecule has 0 unspecified atom stereocenters. The van der Waals surface area contributed by atoms with Crippen LogP contribution in [0.15, 0.2) is 0 Å². The molecule has 172 valence electrons. The summed E-state index contributed by atoms with van der Waals surface area (Å²) in [4.78, 5) is 26.7. The molecule has 4 rings (SSSR count). The lowest BCUT2D eigenvalue weighted by molar-refractivity contribution is -0.148. The molecule has 1 saturated heterocycles. The van der Waals surface area contributed by atoms with E-state index in [0.29, 0.717) is 25.7 Å². The van der Waals surface area contributed by atoms with Gasteiger partial charge in [0.15, 0.2) is 0 Å². The molecule has 1 aliphatic heterocycles. The fourth-order valence-corrected chi connectivity index (χ4v) is 4.77. The van der Waals surface area contributed by atoms with E-state index in [4.69, 9.17) is 9.84 Å². The molecular weight excluding hydrogens is 398 g/mol. The number of rotatable bonds is 8. The van der Waals surface area contributed by atoms with Crippen LogP contribution in [0.25, 0.3) is 0 Å². The number of carbonyl (C=O) groups excluding carboxylic acids is 2. The molecule has 2 heterocycles. The molecule has 31 heavy (non-hydrogen) atoms. The molecule has 2 aliphatic carbocycles. The molecule has 1 aromatic rings. The number of hydrogen-bond donors (Lipinski definition) is 2. The number of nitrogens with one attached hydrogen (secondary N) is 2. The van der Waals surface area contributed by atoms with E-state index in [1.165, 1.54) is 24.8 Å². The van der Waals surface area contributed by atoms with Gasteiger partial charge in [-0.2, -0.15) is 5.10 Å². The van der Waals surface area contributed by atoms with Crippen molar-refractivity contribution in [3.05, 3.63) is 17.0 Å². The third-order valence-electron chi connectivity index (χ3n) is 6.50. The van der Waals surface area contributed by atoms with Crippen LogP contribution in [-0.4, -0.2) is 72.2 Å². The summed E-state index contributed by atoms with van der Waals surface area (Å²) >= 11 is 0. The lowest BCUT2D eigenvalue weighted by Gasteiger charge is -2.34. The van der Waals surface area contributed by atoms with Crippen LogP contribution < -0.4 is 10.6 Å². The second-order valence-electron chi connectivity index (χ2n) is 8.73. The number of hydrogen-bond acceptors (Lipinski definition) is 6. The number of carbonyl (C=O) groups is 2. The van der Waals surface area contributed by atoms with E-state index in [-0.39, 0.29) is 11.9 Å². The normalized spacial score (nSPS) is 21.8. The lowest BCUT2D eigenvalue weighted by Crippen LogP contribution is -2.50. The predicted octanol–water partition coefficient (Wildman–Crippen LogP) is 1.55. The number of aryl methyl sites for hydroxylation is 1. The van der Waals surface area contributed by atoms with Crippen molar-refractivity contribution in [2.45, 2.75) is 76.6 Å². The Balaban J connectivity index is 1.50. The molecular formula is C22H35N5O4. The van der Waals surface area contributed by atoms with Crippen molar-refractivity contribution in [1.82, 2.24) is 25.3 Å². The van der Waals surface area contributed by atoms with Gasteiger partial charge in [0.1, 0.15) is 6.10 Å². The highest BCUT2D eigenvalue weighted by Gasteiger charge is 2.41. The number of alkyl carbamates (subject to hydrolysis) is 1. The van der Waals surface area contributed by atoms with Crippen LogP contribution in [0.5, 0.6) is 0 Å². The summed E-state index contributed by atoms with van der Waals surface area (Å²) in [6.07, 6.45) is 6.44. The largest absolute Gasteiger partial charge is 0.453 e. The highest BCUT2D eigenvalue weighted by atomic mass is 16.5. The van der Waals surface area contributed by atoms with Gasteiger partial charge in [-0.05, 0) is 57.4 Å².